The van der Waals surface area contributed by atoms with Gasteiger partial charge in [-0.2, -0.15) is 0 Å². The monoisotopic (exact) mass is 476 g/mol. The van der Waals surface area contributed by atoms with E-state index in [-0.39, 0.29) is 17.6 Å². The highest BCUT2D eigenvalue weighted by atomic mass is 16.5. The Morgan fingerprint density at radius 2 is 1.68 bits per heavy atom. The number of methoxy groups -OCH3 is 3. The van der Waals surface area contributed by atoms with Gasteiger partial charge in [0.05, 0.1) is 26.9 Å². The smallest absolute Gasteiger partial charge is 0.335 e. The Balaban J connectivity index is 0.000000387. The van der Waals surface area contributed by atoms with Gasteiger partial charge in [0.25, 0.3) is 0 Å². The lowest BCUT2D eigenvalue weighted by Crippen LogP contribution is -2.30. The van der Waals surface area contributed by atoms with E-state index in [4.69, 9.17) is 35.5 Å². The predicted molar refractivity (Wildman–Crippen MR) is 125 cm³/mol. The van der Waals surface area contributed by atoms with E-state index in [1.165, 1.54) is 13.2 Å². The molecule has 0 bridgehead atoms. The van der Waals surface area contributed by atoms with Crippen molar-refractivity contribution in [3.05, 3.63) is 47.0 Å². The van der Waals surface area contributed by atoms with Crippen molar-refractivity contribution in [2.75, 3.05) is 27.9 Å². The lowest BCUT2D eigenvalue weighted by Gasteiger charge is -2.18. The first kappa shape index (κ1) is 26.7. The Hall–Kier alpha value is -3.50. The van der Waals surface area contributed by atoms with Crippen LogP contribution in [0.15, 0.2) is 30.3 Å². The van der Waals surface area contributed by atoms with Gasteiger partial charge < -0.3 is 40.6 Å². The van der Waals surface area contributed by atoms with Gasteiger partial charge in [-0.1, -0.05) is 13.0 Å². The molecule has 1 heterocycles. The minimum absolute atomic E-state index is 0.0405. The molecule has 0 amide bonds. The molecule has 10 heteroatoms. The van der Waals surface area contributed by atoms with Gasteiger partial charge in [0.2, 0.25) is 0 Å². The highest BCUT2D eigenvalue weighted by molar-refractivity contribution is 5.89. The zero-order chi connectivity index (χ0) is 25.4. The number of rotatable bonds is 9. The second kappa shape index (κ2) is 12.1. The molecule has 186 valence electrons. The molecule has 0 radical (unpaired) electrons. The maximum Gasteiger partial charge on any atom is 0.335 e. The normalized spacial score (nSPS) is 16.9. The van der Waals surface area contributed by atoms with E-state index >= 15 is 0 Å². The van der Waals surface area contributed by atoms with Crippen molar-refractivity contribution in [2.45, 2.75) is 37.8 Å². The zero-order valence-corrected chi connectivity index (χ0v) is 19.7. The number of carboxylic acids is 2. The summed E-state index contributed by atoms with van der Waals surface area (Å²) in [5.41, 5.74) is 12.2. The average molecular weight is 477 g/mol. The van der Waals surface area contributed by atoms with Crippen molar-refractivity contribution in [3.63, 3.8) is 0 Å². The Bertz CT molecular complexity index is 1010. The quantitative estimate of drug-likeness (QED) is 0.423. The summed E-state index contributed by atoms with van der Waals surface area (Å²) in [6, 6.07) is 7.99. The van der Waals surface area contributed by atoms with Gasteiger partial charge in [-0.05, 0) is 49.2 Å². The maximum absolute atomic E-state index is 11.4. The molecule has 0 unspecified atom stereocenters. The number of fused-ring (bicyclic) bond motifs is 1. The summed E-state index contributed by atoms with van der Waals surface area (Å²) in [7, 11) is 4.66. The molecule has 34 heavy (non-hydrogen) atoms. The van der Waals surface area contributed by atoms with Crippen LogP contribution < -0.4 is 30.4 Å². The molecule has 1 aliphatic heterocycles. The molecule has 3 atom stereocenters. The molecule has 0 spiro atoms. The Kier molecular flexibility index (Phi) is 9.52. The molecular formula is C24H32N2O8. The van der Waals surface area contributed by atoms with Crippen LogP contribution in [0.3, 0.4) is 0 Å². The largest absolute Gasteiger partial charge is 0.493 e. The highest BCUT2D eigenvalue weighted by Crippen LogP contribution is 2.51. The predicted octanol–water partition coefficient (Wildman–Crippen LogP) is 2.78. The molecular weight excluding hydrogens is 444 g/mol. The third-order valence-corrected chi connectivity index (χ3v) is 5.51. The molecule has 0 saturated heterocycles. The van der Waals surface area contributed by atoms with Crippen LogP contribution in [-0.2, 0) is 4.79 Å². The second-order valence-corrected chi connectivity index (χ2v) is 7.72. The summed E-state index contributed by atoms with van der Waals surface area (Å²) in [4.78, 5) is 21.4. The Morgan fingerprint density at radius 1 is 1.03 bits per heavy atom. The van der Waals surface area contributed by atoms with Crippen LogP contribution in [0.25, 0.3) is 0 Å². The van der Waals surface area contributed by atoms with E-state index in [1.807, 2.05) is 25.1 Å². The summed E-state index contributed by atoms with van der Waals surface area (Å²) in [5.74, 6) is 0.266. The third kappa shape index (κ3) is 6.09. The molecule has 3 rings (SSSR count). The van der Waals surface area contributed by atoms with Crippen molar-refractivity contribution >= 4 is 11.9 Å². The van der Waals surface area contributed by atoms with Gasteiger partial charge in [0.15, 0.2) is 23.0 Å². The minimum atomic E-state index is -0.997. The molecule has 6 N–H and O–H groups in total. The van der Waals surface area contributed by atoms with Gasteiger partial charge in [0, 0.05) is 11.5 Å². The van der Waals surface area contributed by atoms with Gasteiger partial charge in [-0.25, -0.2) is 4.79 Å². The van der Waals surface area contributed by atoms with Crippen LogP contribution in [0.5, 0.6) is 23.0 Å². The molecule has 1 aliphatic rings. The lowest BCUT2D eigenvalue weighted by molar-refractivity contribution is -0.138. The van der Waals surface area contributed by atoms with Crippen LogP contribution in [0.2, 0.25) is 0 Å². The van der Waals surface area contributed by atoms with Gasteiger partial charge in [0.1, 0.15) is 12.1 Å². The number of benzene rings is 2. The number of carboxylic acid groups (broad SMARTS) is 2. The van der Waals surface area contributed by atoms with E-state index in [9.17, 15) is 14.7 Å². The van der Waals surface area contributed by atoms with Gasteiger partial charge in [-0.3, -0.25) is 4.79 Å². The number of aromatic carboxylic acids is 1. The van der Waals surface area contributed by atoms with E-state index in [0.29, 0.717) is 42.4 Å². The molecule has 2 aromatic carbocycles. The number of aliphatic carboxylic acids is 1. The van der Waals surface area contributed by atoms with Crippen molar-refractivity contribution in [1.82, 2.24) is 0 Å². The second-order valence-electron chi connectivity index (χ2n) is 7.72. The van der Waals surface area contributed by atoms with Crippen LogP contribution >= 0.6 is 0 Å². The van der Waals surface area contributed by atoms with Crippen LogP contribution in [-0.4, -0.2) is 56.1 Å². The summed E-state index contributed by atoms with van der Waals surface area (Å²) in [5, 5.41) is 17.5. The van der Waals surface area contributed by atoms with Crippen molar-refractivity contribution in [3.8, 4) is 23.0 Å². The molecule has 0 aromatic heterocycles. The third-order valence-electron chi connectivity index (χ3n) is 5.51. The van der Waals surface area contributed by atoms with E-state index in [2.05, 4.69) is 0 Å². The van der Waals surface area contributed by atoms with Crippen molar-refractivity contribution in [1.29, 1.82) is 0 Å². The van der Waals surface area contributed by atoms with Gasteiger partial charge >= 0.3 is 11.9 Å². The number of hydrogen-bond acceptors (Lipinski definition) is 8. The maximum atomic E-state index is 11.4. The SMILES string of the molecule is COc1ccc([C@H]2Oc3c(OC)cc(C(=O)O)cc3[C@@H]2C)cc1OC.NCCC[C@H](N)C(=O)O. The molecule has 0 fully saturated rings. The first-order chi connectivity index (χ1) is 16.2. The molecule has 2 aromatic rings. The number of carbonyl (C=O) groups is 2. The summed E-state index contributed by atoms with van der Waals surface area (Å²) in [6.45, 7) is 2.50. The summed E-state index contributed by atoms with van der Waals surface area (Å²) >= 11 is 0. The first-order valence-corrected chi connectivity index (χ1v) is 10.7. The number of hydrogen-bond donors (Lipinski definition) is 4. The Morgan fingerprint density at radius 3 is 2.21 bits per heavy atom. The Labute approximate surface area is 198 Å². The molecule has 0 saturated carbocycles. The van der Waals surface area contributed by atoms with Crippen molar-refractivity contribution in [2.24, 2.45) is 11.5 Å². The average Bonchev–Trinajstić information content (AvgIpc) is 3.17. The topological polar surface area (TPSA) is 164 Å². The molecule has 0 aliphatic carbocycles. The van der Waals surface area contributed by atoms with E-state index in [1.54, 1.807) is 20.3 Å². The van der Waals surface area contributed by atoms with Crippen molar-refractivity contribution < 1.29 is 38.7 Å². The lowest BCUT2D eigenvalue weighted by atomic mass is 9.91. The molecule has 10 nitrogen and oxygen atoms in total. The standard InChI is InChI=1S/C19H20O6.C5H12N2O2/c1-10-13-7-12(19(20)21)9-16(24-4)18(13)25-17(10)11-5-6-14(22-2)15(8-11)23-3;6-3-1-2-4(7)5(8)9/h5-10,17H,1-4H3,(H,20,21);4H,1-3,6-7H2,(H,8,9)/t10-,17-;4-/m00/s1. The van der Waals surface area contributed by atoms with Crippen LogP contribution in [0.1, 0.15) is 53.3 Å². The van der Waals surface area contributed by atoms with Crippen LogP contribution in [0.4, 0.5) is 0 Å². The summed E-state index contributed by atoms with van der Waals surface area (Å²) in [6.07, 6.45) is 0.868. The highest BCUT2D eigenvalue weighted by Gasteiger charge is 2.36. The first-order valence-electron chi connectivity index (χ1n) is 10.7. The fourth-order valence-electron chi connectivity index (χ4n) is 3.60. The summed E-state index contributed by atoms with van der Waals surface area (Å²) < 4.78 is 22.1. The van der Waals surface area contributed by atoms with Gasteiger partial charge in [-0.15, -0.1) is 0 Å². The van der Waals surface area contributed by atoms with E-state index < -0.39 is 18.0 Å². The number of nitrogens with two attached hydrogens (primary N) is 2. The van der Waals surface area contributed by atoms with Crippen LogP contribution in [0, 0.1) is 0 Å². The van der Waals surface area contributed by atoms with E-state index in [0.717, 1.165) is 11.1 Å². The number of ether oxygens (including phenoxy) is 4. The fourth-order valence-corrected chi connectivity index (χ4v) is 3.60. The fraction of sp³-hybridized carbons (Fsp3) is 0.417. The minimum Gasteiger partial charge on any atom is -0.493 e. The zero-order valence-electron chi connectivity index (χ0n) is 19.7.